The van der Waals surface area contributed by atoms with E-state index in [1.807, 2.05) is 0 Å². The van der Waals surface area contributed by atoms with Crippen LogP contribution in [-0.4, -0.2) is 36.1 Å². The number of amides is 2. The summed E-state index contributed by atoms with van der Waals surface area (Å²) in [4.78, 5) is 32.7. The topological polar surface area (TPSA) is 122 Å². The first-order valence-corrected chi connectivity index (χ1v) is 9.21. The number of halogens is 1. The van der Waals surface area contributed by atoms with E-state index >= 15 is 0 Å². The predicted octanol–water partition coefficient (Wildman–Crippen LogP) is 3.27. The smallest absolute Gasteiger partial charge is 0.413 e. The molecule has 2 amide bonds. The molecule has 9 nitrogen and oxygen atoms in total. The quantitative estimate of drug-likeness (QED) is 0.498. The maximum Gasteiger partial charge on any atom is 0.413 e. The van der Waals surface area contributed by atoms with Gasteiger partial charge >= 0.3 is 6.09 Å². The molecule has 0 saturated carbocycles. The molecular weight excluding hydrogens is 403 g/mol. The number of aromatic nitrogens is 2. The SMILES string of the molecule is COC(=O)N(C)c1ccc(Nc2cc(NCc3cccc(F)n3)c(C(N)=O)cn2)cc1. The van der Waals surface area contributed by atoms with Gasteiger partial charge in [-0.15, -0.1) is 0 Å². The van der Waals surface area contributed by atoms with Gasteiger partial charge in [-0.25, -0.2) is 14.8 Å². The molecule has 0 saturated heterocycles. The molecule has 0 aliphatic carbocycles. The van der Waals surface area contributed by atoms with Crippen molar-refractivity contribution in [1.82, 2.24) is 9.97 Å². The van der Waals surface area contributed by atoms with Gasteiger partial charge < -0.3 is 21.1 Å². The van der Waals surface area contributed by atoms with Crippen LogP contribution in [0.5, 0.6) is 0 Å². The van der Waals surface area contributed by atoms with Gasteiger partial charge in [0.15, 0.2) is 0 Å². The molecule has 1 aromatic carbocycles. The molecule has 10 heteroatoms. The number of nitrogens with zero attached hydrogens (tertiary/aromatic N) is 3. The van der Waals surface area contributed by atoms with Crippen molar-refractivity contribution >= 4 is 34.9 Å². The maximum absolute atomic E-state index is 13.3. The van der Waals surface area contributed by atoms with Crippen molar-refractivity contribution in [2.75, 3.05) is 29.7 Å². The second kappa shape index (κ2) is 9.53. The van der Waals surface area contributed by atoms with Crippen molar-refractivity contribution in [3.8, 4) is 0 Å². The minimum absolute atomic E-state index is 0.191. The Morgan fingerprint density at radius 2 is 1.94 bits per heavy atom. The molecule has 160 valence electrons. The van der Waals surface area contributed by atoms with Gasteiger partial charge in [-0.3, -0.25) is 9.69 Å². The van der Waals surface area contributed by atoms with Crippen molar-refractivity contribution < 1.29 is 18.7 Å². The van der Waals surface area contributed by atoms with Gasteiger partial charge in [-0.1, -0.05) is 6.07 Å². The van der Waals surface area contributed by atoms with Gasteiger partial charge in [0, 0.05) is 30.7 Å². The second-order valence-electron chi connectivity index (χ2n) is 6.49. The van der Waals surface area contributed by atoms with Crippen molar-refractivity contribution in [3.05, 3.63) is 71.9 Å². The molecule has 0 aliphatic rings. The van der Waals surface area contributed by atoms with E-state index in [0.29, 0.717) is 28.6 Å². The van der Waals surface area contributed by atoms with E-state index in [2.05, 4.69) is 25.3 Å². The molecule has 0 atom stereocenters. The van der Waals surface area contributed by atoms with Crippen LogP contribution in [0.2, 0.25) is 0 Å². The summed E-state index contributed by atoms with van der Waals surface area (Å²) in [6.45, 7) is 0.191. The number of ether oxygens (including phenoxy) is 1. The Balaban J connectivity index is 1.76. The lowest BCUT2D eigenvalue weighted by atomic mass is 10.2. The zero-order valence-electron chi connectivity index (χ0n) is 16.9. The number of benzene rings is 1. The van der Waals surface area contributed by atoms with E-state index in [1.54, 1.807) is 49.5 Å². The van der Waals surface area contributed by atoms with E-state index in [9.17, 15) is 14.0 Å². The fourth-order valence-corrected chi connectivity index (χ4v) is 2.76. The largest absolute Gasteiger partial charge is 0.452 e. The number of rotatable bonds is 7. The standard InChI is InChI=1S/C21H21FN6O3/c1-28(21(30)31-2)15-8-6-13(7-9-15)27-19-10-17(16(12-25-19)20(23)29)24-11-14-4-3-5-18(22)26-14/h3-10,12H,11H2,1-2H3,(H2,23,29)(H2,24,25,27). The van der Waals surface area contributed by atoms with Crippen molar-refractivity contribution in [1.29, 1.82) is 0 Å². The van der Waals surface area contributed by atoms with Crippen LogP contribution in [0.4, 0.5) is 32.1 Å². The Kier molecular flexibility index (Phi) is 6.61. The molecule has 0 aliphatic heterocycles. The van der Waals surface area contributed by atoms with Crippen LogP contribution in [0.15, 0.2) is 54.7 Å². The molecule has 3 aromatic rings. The highest BCUT2D eigenvalue weighted by atomic mass is 19.1. The van der Waals surface area contributed by atoms with E-state index in [0.717, 1.165) is 0 Å². The lowest BCUT2D eigenvalue weighted by Gasteiger charge is -2.16. The van der Waals surface area contributed by atoms with Gasteiger partial charge in [0.05, 0.1) is 30.6 Å². The van der Waals surface area contributed by atoms with Crippen molar-refractivity contribution in [3.63, 3.8) is 0 Å². The Labute approximate surface area is 178 Å². The Morgan fingerprint density at radius 3 is 2.58 bits per heavy atom. The van der Waals surface area contributed by atoms with Gasteiger partial charge in [-0.05, 0) is 36.4 Å². The summed E-state index contributed by atoms with van der Waals surface area (Å²) in [6.07, 6.45) is 0.874. The van der Waals surface area contributed by atoms with Crippen molar-refractivity contribution in [2.24, 2.45) is 5.73 Å². The number of methoxy groups -OCH3 is 1. The van der Waals surface area contributed by atoms with E-state index in [-0.39, 0.29) is 12.1 Å². The molecule has 0 fully saturated rings. The van der Waals surface area contributed by atoms with E-state index < -0.39 is 17.9 Å². The lowest BCUT2D eigenvalue weighted by Crippen LogP contribution is -2.25. The third-order valence-electron chi connectivity index (χ3n) is 4.38. The summed E-state index contributed by atoms with van der Waals surface area (Å²) in [7, 11) is 2.91. The van der Waals surface area contributed by atoms with Gasteiger partial charge in [0.25, 0.3) is 5.91 Å². The van der Waals surface area contributed by atoms with Crippen LogP contribution in [-0.2, 0) is 11.3 Å². The number of nitrogens with one attached hydrogen (secondary N) is 2. The first kappa shape index (κ1) is 21.5. The van der Waals surface area contributed by atoms with Crippen LogP contribution < -0.4 is 21.3 Å². The third kappa shape index (κ3) is 5.44. The van der Waals surface area contributed by atoms with Gasteiger partial charge in [0.2, 0.25) is 5.95 Å². The summed E-state index contributed by atoms with van der Waals surface area (Å²) >= 11 is 0. The van der Waals surface area contributed by atoms with Crippen LogP contribution in [0.25, 0.3) is 0 Å². The van der Waals surface area contributed by atoms with Gasteiger partial charge in [0.1, 0.15) is 5.82 Å². The number of carbonyl (C=O) groups is 2. The highest BCUT2D eigenvalue weighted by Gasteiger charge is 2.12. The van der Waals surface area contributed by atoms with Crippen LogP contribution in [0.1, 0.15) is 16.1 Å². The summed E-state index contributed by atoms with van der Waals surface area (Å²) in [6, 6.07) is 13.1. The Hall–Kier alpha value is -4.21. The third-order valence-corrected chi connectivity index (χ3v) is 4.38. The highest BCUT2D eigenvalue weighted by molar-refractivity contribution is 5.98. The monoisotopic (exact) mass is 424 g/mol. The first-order valence-electron chi connectivity index (χ1n) is 9.21. The molecular formula is C21H21FN6O3. The van der Waals surface area contributed by atoms with Crippen LogP contribution in [0, 0.1) is 5.95 Å². The average Bonchev–Trinajstić information content (AvgIpc) is 2.77. The zero-order chi connectivity index (χ0) is 22.4. The number of pyridine rings is 2. The Morgan fingerprint density at radius 1 is 1.19 bits per heavy atom. The Bertz CT molecular complexity index is 1090. The predicted molar refractivity (Wildman–Crippen MR) is 115 cm³/mol. The summed E-state index contributed by atoms with van der Waals surface area (Å²) in [5, 5.41) is 6.15. The van der Waals surface area contributed by atoms with Crippen LogP contribution in [0.3, 0.4) is 0 Å². The number of anilines is 4. The fourth-order valence-electron chi connectivity index (χ4n) is 2.76. The van der Waals surface area contributed by atoms with E-state index in [1.165, 1.54) is 24.3 Å². The van der Waals surface area contributed by atoms with Crippen LogP contribution >= 0.6 is 0 Å². The molecule has 3 rings (SSSR count). The van der Waals surface area contributed by atoms with Gasteiger partial charge in [-0.2, -0.15) is 4.39 Å². The molecule has 0 bridgehead atoms. The average molecular weight is 424 g/mol. The molecule has 2 aromatic heterocycles. The number of nitrogens with two attached hydrogens (primary N) is 1. The minimum atomic E-state index is -0.649. The summed E-state index contributed by atoms with van der Waals surface area (Å²) in [5.74, 6) is -0.787. The lowest BCUT2D eigenvalue weighted by molar-refractivity contribution is 0.100. The minimum Gasteiger partial charge on any atom is -0.452 e. The number of carbonyl (C=O) groups excluding carboxylic acids is 2. The number of hydrogen-bond acceptors (Lipinski definition) is 7. The fraction of sp³-hybridized carbons (Fsp3) is 0.143. The summed E-state index contributed by atoms with van der Waals surface area (Å²) in [5.41, 5.74) is 7.88. The highest BCUT2D eigenvalue weighted by Crippen LogP contribution is 2.24. The molecule has 0 radical (unpaired) electrons. The molecule has 0 spiro atoms. The number of primary amides is 1. The summed E-state index contributed by atoms with van der Waals surface area (Å²) < 4.78 is 18.0. The maximum atomic E-state index is 13.3. The number of hydrogen-bond donors (Lipinski definition) is 3. The second-order valence-corrected chi connectivity index (χ2v) is 6.49. The first-order chi connectivity index (χ1) is 14.9. The molecule has 31 heavy (non-hydrogen) atoms. The van der Waals surface area contributed by atoms with Crippen molar-refractivity contribution in [2.45, 2.75) is 6.54 Å². The normalized spacial score (nSPS) is 10.3. The zero-order valence-corrected chi connectivity index (χ0v) is 16.9. The molecule has 4 N–H and O–H groups in total. The van der Waals surface area contributed by atoms with E-state index in [4.69, 9.17) is 5.73 Å². The molecule has 2 heterocycles. The molecule has 0 unspecified atom stereocenters.